The molecule has 4 heterocycles. The summed E-state index contributed by atoms with van der Waals surface area (Å²) in [6.45, 7) is 12.6. The first-order valence-electron chi connectivity index (χ1n) is 11.0. The van der Waals surface area contributed by atoms with Crippen molar-refractivity contribution in [3.05, 3.63) is 35.8 Å². The van der Waals surface area contributed by atoms with Crippen LogP contribution in [0.2, 0.25) is 0 Å². The van der Waals surface area contributed by atoms with Gasteiger partial charge in [-0.25, -0.2) is 4.98 Å². The number of piperazine rings is 1. The molecule has 2 aromatic heterocycles. The average molecular weight is 399 g/mol. The lowest BCUT2D eigenvalue weighted by atomic mass is 9.98. The first-order chi connectivity index (χ1) is 14.2. The van der Waals surface area contributed by atoms with E-state index in [1.165, 1.54) is 11.3 Å². The molecule has 1 N–H and O–H groups in total. The average Bonchev–Trinajstić information content (AvgIpc) is 3.14. The Hall–Kier alpha value is -2.12. The predicted octanol–water partition coefficient (Wildman–Crippen LogP) is 2.14. The molecular weight excluding hydrogens is 364 g/mol. The van der Waals surface area contributed by atoms with Crippen molar-refractivity contribution in [2.24, 2.45) is 5.92 Å². The number of nitrogens with zero attached hydrogens (tertiary/aromatic N) is 6. The van der Waals surface area contributed by atoms with Crippen LogP contribution in [-0.4, -0.2) is 70.6 Å². The van der Waals surface area contributed by atoms with Crippen LogP contribution >= 0.6 is 0 Å². The highest BCUT2D eigenvalue weighted by Crippen LogP contribution is 2.31. The molecule has 0 aliphatic carbocycles. The van der Waals surface area contributed by atoms with Gasteiger partial charge < -0.3 is 14.9 Å². The van der Waals surface area contributed by atoms with Crippen LogP contribution in [0.1, 0.15) is 31.0 Å². The zero-order valence-electron chi connectivity index (χ0n) is 17.8. The summed E-state index contributed by atoms with van der Waals surface area (Å²) in [5, 5.41) is 14.0. The van der Waals surface area contributed by atoms with Gasteiger partial charge in [0.25, 0.3) is 0 Å². The molecule has 0 spiro atoms. The van der Waals surface area contributed by atoms with Crippen molar-refractivity contribution in [2.75, 3.05) is 55.7 Å². The summed E-state index contributed by atoms with van der Waals surface area (Å²) in [4.78, 5) is 12.2. The highest BCUT2D eigenvalue weighted by atomic mass is 16.3. The normalized spacial score (nSPS) is 19.1. The molecule has 2 aromatic rings. The van der Waals surface area contributed by atoms with Crippen molar-refractivity contribution in [1.82, 2.24) is 19.7 Å². The number of aromatic nitrogens is 3. The zero-order valence-corrected chi connectivity index (χ0v) is 17.8. The molecule has 2 saturated heterocycles. The maximum atomic E-state index is 9.42. The molecule has 2 fully saturated rings. The minimum atomic E-state index is 0.307. The molecule has 7 heteroatoms. The van der Waals surface area contributed by atoms with Gasteiger partial charge >= 0.3 is 0 Å². The second kappa shape index (κ2) is 9.13. The Labute approximate surface area is 173 Å². The van der Waals surface area contributed by atoms with Gasteiger partial charge in [-0.2, -0.15) is 5.10 Å². The number of hydrogen-bond acceptors (Lipinski definition) is 6. The SMILES string of the molecule is CCn1cc(CN2CCN(c3cccnc3N3CCC(CO)CC3)CC2)c(C)n1. The van der Waals surface area contributed by atoms with Gasteiger partial charge in [-0.3, -0.25) is 9.58 Å². The van der Waals surface area contributed by atoms with E-state index in [4.69, 9.17) is 4.98 Å². The first kappa shape index (κ1) is 20.2. The fourth-order valence-electron chi connectivity index (χ4n) is 4.47. The van der Waals surface area contributed by atoms with Gasteiger partial charge in [-0.15, -0.1) is 0 Å². The topological polar surface area (TPSA) is 60.7 Å². The number of piperidine rings is 1. The molecule has 2 aliphatic heterocycles. The minimum absolute atomic E-state index is 0.307. The largest absolute Gasteiger partial charge is 0.396 e. The number of aliphatic hydroxyl groups excluding tert-OH is 1. The maximum Gasteiger partial charge on any atom is 0.152 e. The lowest BCUT2D eigenvalue weighted by Crippen LogP contribution is -2.46. The second-order valence-corrected chi connectivity index (χ2v) is 8.32. The summed E-state index contributed by atoms with van der Waals surface area (Å²) in [6, 6.07) is 4.26. The number of aryl methyl sites for hydroxylation is 2. The Balaban J connectivity index is 1.38. The van der Waals surface area contributed by atoms with Gasteiger partial charge in [0.15, 0.2) is 5.82 Å². The van der Waals surface area contributed by atoms with Gasteiger partial charge in [0.1, 0.15) is 0 Å². The van der Waals surface area contributed by atoms with Gasteiger partial charge in [0, 0.05) is 76.9 Å². The van der Waals surface area contributed by atoms with Crippen LogP contribution in [0.5, 0.6) is 0 Å². The third-order valence-corrected chi connectivity index (χ3v) is 6.42. The molecule has 0 atom stereocenters. The van der Waals surface area contributed by atoms with Crippen LogP contribution in [-0.2, 0) is 13.1 Å². The lowest BCUT2D eigenvalue weighted by molar-refractivity contribution is 0.202. The lowest BCUT2D eigenvalue weighted by Gasteiger charge is -2.39. The standard InChI is InChI=1S/C22H34N6O/c1-3-28-16-20(18(2)24-28)15-25-11-13-26(14-12-25)21-5-4-8-23-22(21)27-9-6-19(17-29)7-10-27/h4-5,8,16,19,29H,3,6-7,9-15,17H2,1-2H3. The number of rotatable bonds is 6. The number of hydrogen-bond donors (Lipinski definition) is 1. The van der Waals surface area contributed by atoms with Crippen molar-refractivity contribution in [2.45, 2.75) is 39.8 Å². The number of pyridine rings is 1. The Bertz CT molecular complexity index is 790. The van der Waals surface area contributed by atoms with E-state index in [1.807, 2.05) is 16.9 Å². The summed E-state index contributed by atoms with van der Waals surface area (Å²) in [7, 11) is 0. The third kappa shape index (κ3) is 4.56. The number of anilines is 2. The second-order valence-electron chi connectivity index (χ2n) is 8.32. The minimum Gasteiger partial charge on any atom is -0.396 e. The molecule has 0 saturated carbocycles. The van der Waals surface area contributed by atoms with E-state index >= 15 is 0 Å². The van der Waals surface area contributed by atoms with E-state index in [-0.39, 0.29) is 0 Å². The monoisotopic (exact) mass is 398 g/mol. The molecule has 0 amide bonds. The van der Waals surface area contributed by atoms with E-state index in [2.05, 4.69) is 45.9 Å². The predicted molar refractivity (Wildman–Crippen MR) is 116 cm³/mol. The number of aliphatic hydroxyl groups is 1. The van der Waals surface area contributed by atoms with E-state index < -0.39 is 0 Å². The van der Waals surface area contributed by atoms with Gasteiger partial charge in [-0.05, 0) is 44.7 Å². The fourth-order valence-corrected chi connectivity index (χ4v) is 4.47. The molecule has 0 unspecified atom stereocenters. The molecule has 29 heavy (non-hydrogen) atoms. The maximum absolute atomic E-state index is 9.42. The van der Waals surface area contributed by atoms with Gasteiger partial charge in [-0.1, -0.05) is 0 Å². The van der Waals surface area contributed by atoms with Crippen LogP contribution in [0, 0.1) is 12.8 Å². The Kier molecular flexibility index (Phi) is 6.35. The van der Waals surface area contributed by atoms with Crippen LogP contribution in [0.4, 0.5) is 11.5 Å². The van der Waals surface area contributed by atoms with E-state index in [0.29, 0.717) is 12.5 Å². The summed E-state index contributed by atoms with van der Waals surface area (Å²) < 4.78 is 2.03. The highest BCUT2D eigenvalue weighted by molar-refractivity contribution is 5.67. The summed E-state index contributed by atoms with van der Waals surface area (Å²) in [5.74, 6) is 1.56. The van der Waals surface area contributed by atoms with Gasteiger partial charge in [0.2, 0.25) is 0 Å². The highest BCUT2D eigenvalue weighted by Gasteiger charge is 2.25. The van der Waals surface area contributed by atoms with Crippen molar-refractivity contribution >= 4 is 11.5 Å². The quantitative estimate of drug-likeness (QED) is 0.805. The third-order valence-electron chi connectivity index (χ3n) is 6.42. The van der Waals surface area contributed by atoms with E-state index in [9.17, 15) is 5.11 Å². The van der Waals surface area contributed by atoms with E-state index in [1.54, 1.807) is 0 Å². The smallest absolute Gasteiger partial charge is 0.152 e. The van der Waals surface area contributed by atoms with Crippen molar-refractivity contribution in [1.29, 1.82) is 0 Å². The van der Waals surface area contributed by atoms with E-state index in [0.717, 1.165) is 76.7 Å². The molecule has 4 rings (SSSR count). The molecule has 7 nitrogen and oxygen atoms in total. The first-order valence-corrected chi connectivity index (χ1v) is 11.0. The van der Waals surface area contributed by atoms with Crippen LogP contribution in [0.3, 0.4) is 0 Å². The summed E-state index contributed by atoms with van der Waals surface area (Å²) in [5.41, 5.74) is 3.74. The Morgan fingerprint density at radius 1 is 1.07 bits per heavy atom. The van der Waals surface area contributed by atoms with Crippen LogP contribution in [0.15, 0.2) is 24.5 Å². The molecule has 2 aliphatic rings. The van der Waals surface area contributed by atoms with Crippen molar-refractivity contribution < 1.29 is 5.11 Å². The fraction of sp³-hybridized carbons (Fsp3) is 0.636. The Morgan fingerprint density at radius 2 is 1.83 bits per heavy atom. The van der Waals surface area contributed by atoms with Crippen LogP contribution < -0.4 is 9.80 Å². The summed E-state index contributed by atoms with van der Waals surface area (Å²) in [6.07, 6.45) is 6.19. The van der Waals surface area contributed by atoms with Crippen molar-refractivity contribution in [3.63, 3.8) is 0 Å². The van der Waals surface area contributed by atoms with Gasteiger partial charge in [0.05, 0.1) is 11.4 Å². The molecule has 158 valence electrons. The molecule has 0 aromatic carbocycles. The molecular formula is C22H34N6O. The van der Waals surface area contributed by atoms with Crippen LogP contribution in [0.25, 0.3) is 0 Å². The summed E-state index contributed by atoms with van der Waals surface area (Å²) >= 11 is 0. The molecule has 0 radical (unpaired) electrons. The van der Waals surface area contributed by atoms with Crippen molar-refractivity contribution in [3.8, 4) is 0 Å². The molecule has 0 bridgehead atoms. The zero-order chi connectivity index (χ0) is 20.2. The Morgan fingerprint density at radius 3 is 2.48 bits per heavy atom.